The van der Waals surface area contributed by atoms with E-state index in [-0.39, 0.29) is 5.78 Å². The van der Waals surface area contributed by atoms with Gasteiger partial charge >= 0.3 is 0 Å². The van der Waals surface area contributed by atoms with Gasteiger partial charge in [0.05, 0.1) is 6.10 Å². The first-order valence-corrected chi connectivity index (χ1v) is 4.94. The lowest BCUT2D eigenvalue weighted by atomic mass is 10.1. The molecule has 1 fully saturated rings. The number of aryl methyl sites for hydroxylation is 1. The van der Waals surface area contributed by atoms with Crippen molar-refractivity contribution in [1.82, 2.24) is 0 Å². The highest BCUT2D eigenvalue weighted by Crippen LogP contribution is 2.28. The number of rotatable bonds is 3. The Kier molecular flexibility index (Phi) is 2.28. The van der Waals surface area contributed by atoms with Gasteiger partial charge in [-0.1, -0.05) is 0 Å². The third-order valence-electron chi connectivity index (χ3n) is 2.28. The molecule has 2 rings (SSSR count). The van der Waals surface area contributed by atoms with Crippen LogP contribution in [0.15, 0.2) is 18.2 Å². The Labute approximate surface area is 83.9 Å². The Bertz CT molecular complexity index is 365. The van der Waals surface area contributed by atoms with Crippen molar-refractivity contribution in [3.05, 3.63) is 29.3 Å². The van der Waals surface area contributed by atoms with Crippen molar-refractivity contribution in [2.75, 3.05) is 0 Å². The molecule has 0 heterocycles. The fourth-order valence-electron chi connectivity index (χ4n) is 1.40. The normalized spacial score (nSPS) is 15.3. The second-order valence-electron chi connectivity index (χ2n) is 3.91. The Morgan fingerprint density at radius 2 is 2.07 bits per heavy atom. The average Bonchev–Trinajstić information content (AvgIpc) is 2.87. The molecule has 0 amide bonds. The number of ketones is 1. The molecule has 14 heavy (non-hydrogen) atoms. The number of hydrogen-bond donors (Lipinski definition) is 0. The summed E-state index contributed by atoms with van der Waals surface area (Å²) >= 11 is 0. The average molecular weight is 190 g/mol. The maximum Gasteiger partial charge on any atom is 0.159 e. The first kappa shape index (κ1) is 9.25. The summed E-state index contributed by atoms with van der Waals surface area (Å²) in [5.41, 5.74) is 1.81. The van der Waals surface area contributed by atoms with Crippen LogP contribution < -0.4 is 4.74 Å². The number of ether oxygens (including phenoxy) is 1. The van der Waals surface area contributed by atoms with Crippen LogP contribution >= 0.6 is 0 Å². The minimum atomic E-state index is 0.0920. The van der Waals surface area contributed by atoms with Crippen LogP contribution in [0.2, 0.25) is 0 Å². The van der Waals surface area contributed by atoms with Crippen molar-refractivity contribution in [3.8, 4) is 5.75 Å². The monoisotopic (exact) mass is 190 g/mol. The highest BCUT2D eigenvalue weighted by molar-refractivity contribution is 5.94. The largest absolute Gasteiger partial charge is 0.490 e. The van der Waals surface area contributed by atoms with Gasteiger partial charge in [-0.2, -0.15) is 0 Å². The summed E-state index contributed by atoms with van der Waals surface area (Å²) in [6.45, 7) is 3.56. The molecule has 0 atom stereocenters. The van der Waals surface area contributed by atoms with Crippen LogP contribution in [-0.2, 0) is 0 Å². The minimum Gasteiger partial charge on any atom is -0.490 e. The van der Waals surface area contributed by atoms with Gasteiger partial charge in [0.15, 0.2) is 5.78 Å². The SMILES string of the molecule is CC(=O)c1cc(C)cc(OC2CC2)c1. The summed E-state index contributed by atoms with van der Waals surface area (Å²) in [6.07, 6.45) is 2.67. The maximum atomic E-state index is 11.2. The van der Waals surface area contributed by atoms with Crippen molar-refractivity contribution in [1.29, 1.82) is 0 Å². The zero-order valence-corrected chi connectivity index (χ0v) is 8.54. The predicted octanol–water partition coefficient (Wildman–Crippen LogP) is 2.74. The minimum absolute atomic E-state index is 0.0920. The van der Waals surface area contributed by atoms with E-state index >= 15 is 0 Å². The zero-order valence-electron chi connectivity index (χ0n) is 8.54. The Morgan fingerprint density at radius 3 is 2.64 bits per heavy atom. The lowest BCUT2D eigenvalue weighted by molar-refractivity contribution is 0.101. The van der Waals surface area contributed by atoms with Crippen molar-refractivity contribution >= 4 is 5.78 Å². The van der Waals surface area contributed by atoms with Crippen molar-refractivity contribution < 1.29 is 9.53 Å². The summed E-state index contributed by atoms with van der Waals surface area (Å²) in [5, 5.41) is 0. The third kappa shape index (κ3) is 2.13. The van der Waals surface area contributed by atoms with Gasteiger partial charge in [0, 0.05) is 5.56 Å². The van der Waals surface area contributed by atoms with Gasteiger partial charge in [0.2, 0.25) is 0 Å². The first-order chi connectivity index (χ1) is 6.65. The lowest BCUT2D eigenvalue weighted by Gasteiger charge is -2.07. The van der Waals surface area contributed by atoms with Crippen molar-refractivity contribution in [2.24, 2.45) is 0 Å². The summed E-state index contributed by atoms with van der Waals surface area (Å²) in [5.74, 6) is 0.923. The zero-order chi connectivity index (χ0) is 10.1. The molecule has 1 aromatic carbocycles. The second kappa shape index (κ2) is 3.45. The maximum absolute atomic E-state index is 11.2. The van der Waals surface area contributed by atoms with Crippen LogP contribution in [0.4, 0.5) is 0 Å². The van der Waals surface area contributed by atoms with Gasteiger partial charge in [0.1, 0.15) is 5.75 Å². The molecule has 74 valence electrons. The van der Waals surface area contributed by atoms with Gasteiger partial charge in [0.25, 0.3) is 0 Å². The van der Waals surface area contributed by atoms with E-state index in [0.717, 1.165) is 29.7 Å². The van der Waals surface area contributed by atoms with Crippen LogP contribution in [0.1, 0.15) is 35.7 Å². The number of carbonyl (C=O) groups is 1. The first-order valence-electron chi connectivity index (χ1n) is 4.94. The summed E-state index contributed by atoms with van der Waals surface area (Å²) < 4.78 is 5.64. The van der Waals surface area contributed by atoms with E-state index in [1.54, 1.807) is 6.92 Å². The van der Waals surface area contributed by atoms with Gasteiger partial charge in [-0.3, -0.25) is 4.79 Å². The molecule has 1 saturated carbocycles. The molecule has 0 aromatic heterocycles. The van der Waals surface area contributed by atoms with Crippen LogP contribution in [0, 0.1) is 6.92 Å². The number of benzene rings is 1. The van der Waals surface area contributed by atoms with E-state index in [1.807, 2.05) is 25.1 Å². The van der Waals surface area contributed by atoms with E-state index < -0.39 is 0 Å². The molecule has 2 nitrogen and oxygen atoms in total. The lowest BCUT2D eigenvalue weighted by Crippen LogP contribution is -1.99. The van der Waals surface area contributed by atoms with Crippen LogP contribution in [-0.4, -0.2) is 11.9 Å². The predicted molar refractivity (Wildman–Crippen MR) is 54.8 cm³/mol. The molecule has 1 aliphatic rings. The van der Waals surface area contributed by atoms with Gasteiger partial charge in [-0.25, -0.2) is 0 Å². The topological polar surface area (TPSA) is 26.3 Å². The quantitative estimate of drug-likeness (QED) is 0.685. The van der Waals surface area contributed by atoms with Crippen LogP contribution in [0.25, 0.3) is 0 Å². The number of hydrogen-bond acceptors (Lipinski definition) is 2. The molecule has 2 heteroatoms. The van der Waals surface area contributed by atoms with Crippen molar-refractivity contribution in [3.63, 3.8) is 0 Å². The fourth-order valence-corrected chi connectivity index (χ4v) is 1.40. The summed E-state index contributed by atoms with van der Waals surface area (Å²) in [4.78, 5) is 11.2. The molecule has 0 unspecified atom stereocenters. The molecule has 0 N–H and O–H groups in total. The van der Waals surface area contributed by atoms with Gasteiger partial charge in [-0.15, -0.1) is 0 Å². The second-order valence-corrected chi connectivity index (χ2v) is 3.91. The van der Waals surface area contributed by atoms with E-state index in [1.165, 1.54) is 0 Å². The Hall–Kier alpha value is -1.31. The third-order valence-corrected chi connectivity index (χ3v) is 2.28. The molecule has 1 aliphatic carbocycles. The highest BCUT2D eigenvalue weighted by Gasteiger charge is 2.23. The summed E-state index contributed by atoms with van der Waals surface area (Å²) in [7, 11) is 0. The molecular weight excluding hydrogens is 176 g/mol. The van der Waals surface area contributed by atoms with Crippen molar-refractivity contribution in [2.45, 2.75) is 32.8 Å². The highest BCUT2D eigenvalue weighted by atomic mass is 16.5. The Balaban J connectivity index is 2.25. The van der Waals surface area contributed by atoms with E-state index in [2.05, 4.69) is 0 Å². The van der Waals surface area contributed by atoms with Gasteiger partial charge < -0.3 is 4.74 Å². The standard InChI is InChI=1S/C12H14O2/c1-8-5-10(9(2)13)7-12(6-8)14-11-3-4-11/h5-7,11H,3-4H2,1-2H3. The van der Waals surface area contributed by atoms with Crippen LogP contribution in [0.5, 0.6) is 5.75 Å². The molecule has 0 radical (unpaired) electrons. The fraction of sp³-hybridized carbons (Fsp3) is 0.417. The molecule has 0 aliphatic heterocycles. The molecule has 1 aromatic rings. The Morgan fingerprint density at radius 1 is 1.36 bits per heavy atom. The van der Waals surface area contributed by atoms with E-state index in [4.69, 9.17) is 4.74 Å². The number of Topliss-reactive ketones (excluding diaryl/α,β-unsaturated/α-hetero) is 1. The molecular formula is C12H14O2. The number of carbonyl (C=O) groups excluding carboxylic acids is 1. The molecule has 0 bridgehead atoms. The van der Waals surface area contributed by atoms with E-state index in [9.17, 15) is 4.79 Å². The van der Waals surface area contributed by atoms with Crippen LogP contribution in [0.3, 0.4) is 0 Å². The summed E-state index contributed by atoms with van der Waals surface area (Å²) in [6, 6.07) is 5.69. The van der Waals surface area contributed by atoms with E-state index in [0.29, 0.717) is 6.10 Å². The molecule has 0 saturated heterocycles. The smallest absolute Gasteiger partial charge is 0.159 e. The van der Waals surface area contributed by atoms with Gasteiger partial charge in [-0.05, 0) is 50.5 Å². The molecule has 0 spiro atoms.